The van der Waals surface area contributed by atoms with E-state index in [9.17, 15) is 14.7 Å². The maximum absolute atomic E-state index is 12.1. The lowest BCUT2D eigenvalue weighted by Crippen LogP contribution is -2.28. The Kier molecular flexibility index (Phi) is 35.5. The molecule has 0 radical (unpaired) electrons. The number of ether oxygens (including phenoxy) is 2. The monoisotopic (exact) mass is 625 g/mol. The van der Waals surface area contributed by atoms with Gasteiger partial charge in [-0.25, -0.2) is 0 Å². The smallest absolute Gasteiger partial charge is 0.306 e. The van der Waals surface area contributed by atoms with E-state index in [0.717, 1.165) is 32.1 Å². The molecule has 0 aromatic carbocycles. The molecule has 0 heterocycles. The van der Waals surface area contributed by atoms with Crippen molar-refractivity contribution in [2.75, 3.05) is 13.2 Å². The Morgan fingerprint density at radius 2 is 0.705 bits per heavy atom. The van der Waals surface area contributed by atoms with Crippen molar-refractivity contribution >= 4 is 11.9 Å². The SMILES string of the molecule is CCCCCCCCCCCCCCCCCCC(=O)OC[C@H](CO)OC(=O)CCCCCCCCCCCCCCCC. The van der Waals surface area contributed by atoms with Gasteiger partial charge in [-0.15, -0.1) is 0 Å². The number of aliphatic hydroxyl groups excluding tert-OH is 1. The van der Waals surface area contributed by atoms with Gasteiger partial charge in [0.15, 0.2) is 6.10 Å². The summed E-state index contributed by atoms with van der Waals surface area (Å²) < 4.78 is 10.6. The Morgan fingerprint density at radius 1 is 0.432 bits per heavy atom. The molecule has 5 heteroatoms. The molecule has 0 rings (SSSR count). The second-order valence-corrected chi connectivity index (χ2v) is 13.4. The molecule has 0 aliphatic carbocycles. The maximum Gasteiger partial charge on any atom is 0.306 e. The fraction of sp³-hybridized carbons (Fsp3) is 0.949. The molecule has 0 spiro atoms. The highest BCUT2D eigenvalue weighted by Crippen LogP contribution is 2.15. The molecule has 0 aromatic heterocycles. The number of carbonyl (C=O) groups excluding carboxylic acids is 2. The molecule has 1 N–H and O–H groups in total. The highest BCUT2D eigenvalue weighted by molar-refractivity contribution is 5.70. The van der Waals surface area contributed by atoms with Crippen molar-refractivity contribution in [1.29, 1.82) is 0 Å². The van der Waals surface area contributed by atoms with Gasteiger partial charge in [-0.3, -0.25) is 9.59 Å². The maximum atomic E-state index is 12.1. The van der Waals surface area contributed by atoms with E-state index in [1.54, 1.807) is 0 Å². The summed E-state index contributed by atoms with van der Waals surface area (Å²) >= 11 is 0. The molecule has 0 saturated carbocycles. The van der Waals surface area contributed by atoms with Crippen molar-refractivity contribution in [3.8, 4) is 0 Å². The quantitative estimate of drug-likeness (QED) is 0.0554. The topological polar surface area (TPSA) is 72.8 Å². The summed E-state index contributed by atoms with van der Waals surface area (Å²) in [5, 5.41) is 9.54. The molecule has 262 valence electrons. The first-order valence-electron chi connectivity index (χ1n) is 19.6. The summed E-state index contributed by atoms with van der Waals surface area (Å²) in [6, 6.07) is 0. The normalized spacial score (nSPS) is 12.0. The number of esters is 2. The van der Waals surface area contributed by atoms with Gasteiger partial charge in [0.1, 0.15) is 6.61 Å². The van der Waals surface area contributed by atoms with Gasteiger partial charge in [-0.05, 0) is 12.8 Å². The Hall–Kier alpha value is -1.10. The average molecular weight is 625 g/mol. The lowest BCUT2D eigenvalue weighted by atomic mass is 10.0. The average Bonchev–Trinajstić information content (AvgIpc) is 3.02. The first-order valence-corrected chi connectivity index (χ1v) is 19.6. The van der Waals surface area contributed by atoms with Gasteiger partial charge in [0.05, 0.1) is 6.61 Å². The van der Waals surface area contributed by atoms with Gasteiger partial charge < -0.3 is 14.6 Å². The third kappa shape index (κ3) is 33.8. The van der Waals surface area contributed by atoms with E-state index in [1.807, 2.05) is 0 Å². The number of rotatable bonds is 36. The van der Waals surface area contributed by atoms with Crippen molar-refractivity contribution in [2.45, 2.75) is 225 Å². The summed E-state index contributed by atoms with van der Waals surface area (Å²) in [6.07, 6.45) is 38.7. The van der Waals surface area contributed by atoms with Crippen LogP contribution < -0.4 is 0 Å². The van der Waals surface area contributed by atoms with Crippen molar-refractivity contribution < 1.29 is 24.2 Å². The van der Waals surface area contributed by atoms with Crippen molar-refractivity contribution in [3.05, 3.63) is 0 Å². The number of carbonyl (C=O) groups is 2. The van der Waals surface area contributed by atoms with Gasteiger partial charge in [-0.1, -0.05) is 194 Å². The first-order chi connectivity index (χ1) is 21.6. The van der Waals surface area contributed by atoms with Gasteiger partial charge in [0.25, 0.3) is 0 Å². The van der Waals surface area contributed by atoms with Crippen LogP contribution in [0.2, 0.25) is 0 Å². The van der Waals surface area contributed by atoms with Crippen LogP contribution in [0.1, 0.15) is 219 Å². The molecule has 44 heavy (non-hydrogen) atoms. The lowest BCUT2D eigenvalue weighted by molar-refractivity contribution is -0.161. The van der Waals surface area contributed by atoms with Crippen LogP contribution in [0.15, 0.2) is 0 Å². The summed E-state index contributed by atoms with van der Waals surface area (Å²) in [5.74, 6) is -0.575. The van der Waals surface area contributed by atoms with Crippen LogP contribution in [0.4, 0.5) is 0 Å². The van der Waals surface area contributed by atoms with E-state index in [4.69, 9.17) is 9.47 Å². The van der Waals surface area contributed by atoms with Crippen LogP contribution in [-0.2, 0) is 19.1 Å². The second kappa shape index (κ2) is 36.4. The molecule has 0 fully saturated rings. The molecule has 1 atom stereocenters. The van der Waals surface area contributed by atoms with Gasteiger partial charge in [0.2, 0.25) is 0 Å². The van der Waals surface area contributed by atoms with Crippen LogP contribution >= 0.6 is 0 Å². The van der Waals surface area contributed by atoms with Crippen molar-refractivity contribution in [3.63, 3.8) is 0 Å². The van der Waals surface area contributed by atoms with E-state index in [-0.39, 0.29) is 25.2 Å². The third-order valence-electron chi connectivity index (χ3n) is 8.90. The van der Waals surface area contributed by atoms with Crippen LogP contribution in [-0.4, -0.2) is 36.4 Å². The predicted octanol–water partition coefficient (Wildman–Crippen LogP) is 12.0. The molecule has 0 bridgehead atoms. The number of unbranched alkanes of at least 4 members (excludes halogenated alkanes) is 28. The first kappa shape index (κ1) is 42.9. The molecule has 0 aromatic rings. The molecule has 0 saturated heterocycles. The van der Waals surface area contributed by atoms with Crippen LogP contribution in [0.3, 0.4) is 0 Å². The van der Waals surface area contributed by atoms with E-state index < -0.39 is 6.10 Å². The highest BCUT2D eigenvalue weighted by Gasteiger charge is 2.16. The fourth-order valence-electron chi connectivity index (χ4n) is 5.91. The summed E-state index contributed by atoms with van der Waals surface area (Å²) in [4.78, 5) is 24.2. The number of hydrogen-bond acceptors (Lipinski definition) is 5. The van der Waals surface area contributed by atoms with Gasteiger partial charge >= 0.3 is 11.9 Å². The van der Waals surface area contributed by atoms with E-state index in [1.165, 1.54) is 161 Å². The van der Waals surface area contributed by atoms with Crippen LogP contribution in [0.25, 0.3) is 0 Å². The fourth-order valence-corrected chi connectivity index (χ4v) is 5.91. The highest BCUT2D eigenvalue weighted by atomic mass is 16.6. The van der Waals surface area contributed by atoms with Crippen molar-refractivity contribution in [1.82, 2.24) is 0 Å². The Morgan fingerprint density at radius 3 is 1.00 bits per heavy atom. The standard InChI is InChI=1S/C39H76O5/c1-3-5-7-9-11-13-15-17-19-20-22-23-25-27-29-31-33-38(41)43-36-37(35-40)44-39(42)34-32-30-28-26-24-21-18-16-14-12-10-8-6-4-2/h37,40H,3-36H2,1-2H3/t37-/m0/s1. The minimum absolute atomic E-state index is 0.0569. The zero-order chi connectivity index (χ0) is 32.2. The molecule has 0 aliphatic heterocycles. The Bertz CT molecular complexity index is 593. The Balaban J connectivity index is 3.49. The Labute approximate surface area is 274 Å². The zero-order valence-corrected chi connectivity index (χ0v) is 29.7. The van der Waals surface area contributed by atoms with E-state index in [2.05, 4.69) is 13.8 Å². The molecule has 5 nitrogen and oxygen atoms in total. The summed E-state index contributed by atoms with van der Waals surface area (Å²) in [5.41, 5.74) is 0. The largest absolute Gasteiger partial charge is 0.462 e. The van der Waals surface area contributed by atoms with Crippen LogP contribution in [0.5, 0.6) is 0 Å². The third-order valence-corrected chi connectivity index (χ3v) is 8.90. The van der Waals surface area contributed by atoms with E-state index >= 15 is 0 Å². The van der Waals surface area contributed by atoms with Gasteiger partial charge in [0, 0.05) is 12.8 Å². The zero-order valence-electron chi connectivity index (χ0n) is 29.7. The summed E-state index contributed by atoms with van der Waals surface area (Å²) in [7, 11) is 0. The second-order valence-electron chi connectivity index (χ2n) is 13.4. The summed E-state index contributed by atoms with van der Waals surface area (Å²) in [6.45, 7) is 4.16. The molecule has 0 aliphatic rings. The van der Waals surface area contributed by atoms with Gasteiger partial charge in [-0.2, -0.15) is 0 Å². The minimum Gasteiger partial charge on any atom is -0.462 e. The number of hydrogen-bond donors (Lipinski definition) is 1. The predicted molar refractivity (Wildman–Crippen MR) is 187 cm³/mol. The van der Waals surface area contributed by atoms with E-state index in [0.29, 0.717) is 12.8 Å². The lowest BCUT2D eigenvalue weighted by Gasteiger charge is -2.15. The van der Waals surface area contributed by atoms with Crippen molar-refractivity contribution in [2.24, 2.45) is 0 Å². The van der Waals surface area contributed by atoms with Crippen LogP contribution in [0, 0.1) is 0 Å². The molecule has 0 unspecified atom stereocenters. The minimum atomic E-state index is -0.760. The molecule has 0 amide bonds. The molecular weight excluding hydrogens is 548 g/mol. The number of aliphatic hydroxyl groups is 1. The molecular formula is C39H76O5.